The third-order valence-electron chi connectivity index (χ3n) is 5.78. The normalized spacial score (nSPS) is 15.4. The number of nitrogens with zero attached hydrogens (tertiary/aromatic N) is 3. The van der Waals surface area contributed by atoms with Crippen LogP contribution in [0, 0.1) is 13.8 Å². The van der Waals surface area contributed by atoms with Crippen LogP contribution >= 0.6 is 11.3 Å². The second-order valence-electron chi connectivity index (χ2n) is 7.58. The monoisotopic (exact) mass is 426 g/mol. The molecule has 0 bridgehead atoms. The molecule has 1 N–H and O–H groups in total. The molecule has 1 saturated heterocycles. The van der Waals surface area contributed by atoms with Gasteiger partial charge in [-0.25, -0.2) is 4.98 Å². The van der Waals surface area contributed by atoms with E-state index in [1.54, 1.807) is 7.11 Å². The van der Waals surface area contributed by atoms with Crippen molar-refractivity contribution in [3.8, 4) is 5.75 Å². The minimum atomic E-state index is -0.391. The van der Waals surface area contributed by atoms with Gasteiger partial charge in [0.1, 0.15) is 11.3 Å². The number of carbonyl (C=O) groups is 1. The summed E-state index contributed by atoms with van der Waals surface area (Å²) < 4.78 is 6.90. The van der Waals surface area contributed by atoms with Crippen molar-refractivity contribution in [2.24, 2.45) is 0 Å². The van der Waals surface area contributed by atoms with E-state index >= 15 is 0 Å². The number of rotatable bonds is 6. The summed E-state index contributed by atoms with van der Waals surface area (Å²) in [6.07, 6.45) is 3.68. The number of aromatic nitrogens is 2. The first-order valence-corrected chi connectivity index (χ1v) is 10.9. The van der Waals surface area contributed by atoms with Gasteiger partial charge in [-0.15, -0.1) is 11.3 Å². The summed E-state index contributed by atoms with van der Waals surface area (Å²) in [6, 6.07) is 7.96. The van der Waals surface area contributed by atoms with Gasteiger partial charge in [-0.1, -0.05) is 12.1 Å². The van der Waals surface area contributed by atoms with E-state index < -0.39 is 5.91 Å². The van der Waals surface area contributed by atoms with E-state index in [0.717, 1.165) is 47.8 Å². The molecule has 0 saturated carbocycles. The number of likely N-dealkylation sites (tertiary alicyclic amines) is 1. The van der Waals surface area contributed by atoms with Gasteiger partial charge < -0.3 is 10.1 Å². The number of amides is 1. The zero-order valence-corrected chi connectivity index (χ0v) is 18.3. The van der Waals surface area contributed by atoms with Crippen LogP contribution in [-0.2, 0) is 0 Å². The van der Waals surface area contributed by atoms with Crippen LogP contribution in [0.4, 0.5) is 0 Å². The molecule has 1 aliphatic rings. The Morgan fingerprint density at radius 3 is 2.80 bits per heavy atom. The molecule has 30 heavy (non-hydrogen) atoms. The first-order chi connectivity index (χ1) is 14.5. The van der Waals surface area contributed by atoms with Crippen LogP contribution in [0.5, 0.6) is 5.75 Å². The third kappa shape index (κ3) is 3.85. The zero-order valence-electron chi connectivity index (χ0n) is 17.5. The highest BCUT2D eigenvalue weighted by Crippen LogP contribution is 2.27. The number of benzene rings is 1. The molecular formula is C22H26N4O3S. The molecule has 0 spiro atoms. The maximum atomic E-state index is 12.9. The van der Waals surface area contributed by atoms with Crippen molar-refractivity contribution in [1.29, 1.82) is 0 Å². The molecule has 4 rings (SSSR count). The van der Waals surface area contributed by atoms with Crippen LogP contribution in [0.1, 0.15) is 45.4 Å². The van der Waals surface area contributed by atoms with Gasteiger partial charge in [-0.3, -0.25) is 18.9 Å². The lowest BCUT2D eigenvalue weighted by Crippen LogP contribution is -2.39. The smallest absolute Gasteiger partial charge is 0.271 e. The summed E-state index contributed by atoms with van der Waals surface area (Å²) in [7, 11) is 1.65. The van der Waals surface area contributed by atoms with Crippen molar-refractivity contribution >= 4 is 22.2 Å². The molecule has 3 heterocycles. The molecule has 0 aliphatic carbocycles. The number of fused-ring (bicyclic) bond motifs is 1. The highest BCUT2D eigenvalue weighted by atomic mass is 32.1. The SMILES string of the molecule is COc1cccc([C@H](CNC(=O)c2cnc3sc(C)c(C)n3c2=O)N2CCCC2)c1. The van der Waals surface area contributed by atoms with E-state index in [1.165, 1.54) is 21.9 Å². The molecule has 1 aromatic carbocycles. The quantitative estimate of drug-likeness (QED) is 0.656. The fraction of sp³-hybridized carbons (Fsp3) is 0.409. The first-order valence-electron chi connectivity index (χ1n) is 10.1. The Labute approximate surface area is 179 Å². The molecule has 1 atom stereocenters. The number of thiazole rings is 1. The molecule has 1 amide bonds. The predicted molar refractivity (Wildman–Crippen MR) is 118 cm³/mol. The Morgan fingerprint density at radius 2 is 2.07 bits per heavy atom. The van der Waals surface area contributed by atoms with Crippen molar-refractivity contribution in [3.05, 3.63) is 62.5 Å². The summed E-state index contributed by atoms with van der Waals surface area (Å²) in [6.45, 7) is 6.21. The van der Waals surface area contributed by atoms with Crippen LogP contribution < -0.4 is 15.6 Å². The fourth-order valence-electron chi connectivity index (χ4n) is 3.98. The summed E-state index contributed by atoms with van der Waals surface area (Å²) in [4.78, 5) is 34.1. The first kappa shape index (κ1) is 20.6. The van der Waals surface area contributed by atoms with Gasteiger partial charge in [0.15, 0.2) is 4.96 Å². The molecule has 0 unspecified atom stereocenters. The van der Waals surface area contributed by atoms with Crippen LogP contribution in [0.2, 0.25) is 0 Å². The lowest BCUT2D eigenvalue weighted by molar-refractivity contribution is 0.0936. The lowest BCUT2D eigenvalue weighted by atomic mass is 10.0. The van der Waals surface area contributed by atoms with Gasteiger partial charge in [-0.05, 0) is 57.5 Å². The minimum absolute atomic E-state index is 0.0242. The van der Waals surface area contributed by atoms with Crippen LogP contribution in [0.25, 0.3) is 4.96 Å². The highest BCUT2D eigenvalue weighted by Gasteiger charge is 2.25. The van der Waals surface area contributed by atoms with E-state index in [9.17, 15) is 9.59 Å². The zero-order chi connectivity index (χ0) is 21.3. The summed E-state index contributed by atoms with van der Waals surface area (Å²) >= 11 is 1.45. The van der Waals surface area contributed by atoms with Crippen molar-refractivity contribution in [3.63, 3.8) is 0 Å². The van der Waals surface area contributed by atoms with Gasteiger partial charge in [0, 0.05) is 23.3 Å². The Kier molecular flexibility index (Phi) is 5.87. The van der Waals surface area contributed by atoms with Crippen molar-refractivity contribution in [1.82, 2.24) is 19.6 Å². The van der Waals surface area contributed by atoms with Gasteiger partial charge in [0.2, 0.25) is 0 Å². The second-order valence-corrected chi connectivity index (χ2v) is 8.77. The summed E-state index contributed by atoms with van der Waals surface area (Å²) in [5.74, 6) is 0.400. The van der Waals surface area contributed by atoms with Crippen LogP contribution in [0.3, 0.4) is 0 Å². The topological polar surface area (TPSA) is 75.9 Å². The Bertz CT molecular complexity index is 1130. The standard InChI is InChI=1S/C22H26N4O3S/c1-14-15(2)30-22-24-12-18(21(28)26(14)22)20(27)23-13-19(25-9-4-5-10-25)16-7-6-8-17(11-16)29-3/h6-8,11-12,19H,4-5,9-10,13H2,1-3H3,(H,23,27)/t19-/m0/s1. The minimum Gasteiger partial charge on any atom is -0.497 e. The van der Waals surface area contributed by atoms with E-state index in [1.807, 2.05) is 32.0 Å². The number of hydrogen-bond acceptors (Lipinski definition) is 6. The Hall–Kier alpha value is -2.71. The molecule has 1 fully saturated rings. The maximum absolute atomic E-state index is 12.9. The molecule has 8 heteroatoms. The van der Waals surface area contributed by atoms with Gasteiger partial charge in [0.25, 0.3) is 11.5 Å². The predicted octanol–water partition coefficient (Wildman–Crippen LogP) is 2.95. The van der Waals surface area contributed by atoms with Gasteiger partial charge in [0.05, 0.1) is 13.2 Å². The van der Waals surface area contributed by atoms with Gasteiger partial charge in [-0.2, -0.15) is 0 Å². The molecule has 7 nitrogen and oxygen atoms in total. The average Bonchev–Trinajstić information content (AvgIpc) is 3.37. The van der Waals surface area contributed by atoms with Crippen LogP contribution in [0.15, 0.2) is 35.3 Å². The Balaban J connectivity index is 1.58. The molecular weight excluding hydrogens is 400 g/mol. The van der Waals surface area contributed by atoms with Crippen molar-refractivity contribution in [2.75, 3.05) is 26.7 Å². The maximum Gasteiger partial charge on any atom is 0.271 e. The summed E-state index contributed by atoms with van der Waals surface area (Å²) in [5.41, 5.74) is 1.66. The number of hydrogen-bond donors (Lipinski definition) is 1. The number of aryl methyl sites for hydroxylation is 2. The van der Waals surface area contributed by atoms with Crippen LogP contribution in [-0.4, -0.2) is 46.9 Å². The third-order valence-corrected chi connectivity index (χ3v) is 6.85. The Morgan fingerprint density at radius 1 is 1.30 bits per heavy atom. The number of ether oxygens (including phenoxy) is 1. The molecule has 158 valence electrons. The fourth-order valence-corrected chi connectivity index (χ4v) is 4.91. The van der Waals surface area contributed by atoms with E-state index in [0.29, 0.717) is 11.5 Å². The average molecular weight is 427 g/mol. The highest BCUT2D eigenvalue weighted by molar-refractivity contribution is 7.17. The largest absolute Gasteiger partial charge is 0.497 e. The molecule has 3 aromatic rings. The van der Waals surface area contributed by atoms with Crippen molar-refractivity contribution in [2.45, 2.75) is 32.7 Å². The molecule has 2 aromatic heterocycles. The second kappa shape index (κ2) is 8.57. The van der Waals surface area contributed by atoms with Gasteiger partial charge >= 0.3 is 0 Å². The van der Waals surface area contributed by atoms with Crippen molar-refractivity contribution < 1.29 is 9.53 Å². The number of nitrogens with one attached hydrogen (secondary N) is 1. The van der Waals surface area contributed by atoms with E-state index in [-0.39, 0.29) is 17.2 Å². The molecule has 1 aliphatic heterocycles. The van der Waals surface area contributed by atoms with E-state index in [2.05, 4.69) is 21.3 Å². The van der Waals surface area contributed by atoms with E-state index in [4.69, 9.17) is 4.74 Å². The number of methoxy groups -OCH3 is 1. The lowest BCUT2D eigenvalue weighted by Gasteiger charge is -2.28. The number of carbonyl (C=O) groups excluding carboxylic acids is 1. The summed E-state index contributed by atoms with van der Waals surface area (Å²) in [5, 5.41) is 2.97. The molecule has 0 radical (unpaired) electrons.